The van der Waals surface area contributed by atoms with Crippen molar-refractivity contribution in [3.05, 3.63) is 42.9 Å². The van der Waals surface area contributed by atoms with Crippen molar-refractivity contribution < 1.29 is 9.15 Å². The Hall–Kier alpha value is -2.23. The van der Waals surface area contributed by atoms with Gasteiger partial charge in [0, 0.05) is 18.0 Å². The van der Waals surface area contributed by atoms with E-state index in [1.54, 1.807) is 13.4 Å². The molecule has 0 aliphatic rings. The van der Waals surface area contributed by atoms with Crippen molar-refractivity contribution in [2.24, 2.45) is 0 Å². The maximum absolute atomic E-state index is 5.19. The van der Waals surface area contributed by atoms with Crippen LogP contribution in [0.15, 0.2) is 47.3 Å². The molecule has 0 bridgehead atoms. The van der Waals surface area contributed by atoms with Gasteiger partial charge in [-0.25, -0.2) is 0 Å². The van der Waals surface area contributed by atoms with Crippen LogP contribution in [0.5, 0.6) is 5.75 Å². The lowest BCUT2D eigenvalue weighted by molar-refractivity contribution is 0.415. The van der Waals surface area contributed by atoms with Gasteiger partial charge >= 0.3 is 5.84 Å². The molecule has 4 nitrogen and oxygen atoms in total. The Kier molecular flexibility index (Phi) is 1.93. The molecule has 2 heterocycles. The van der Waals surface area contributed by atoms with Gasteiger partial charge in [-0.15, -0.1) is 0 Å². The number of nitrogens with zero attached hydrogens (tertiary/aromatic N) is 2. The van der Waals surface area contributed by atoms with Crippen molar-refractivity contribution >= 4 is 5.84 Å². The Morgan fingerprint density at radius 2 is 2.06 bits per heavy atom. The van der Waals surface area contributed by atoms with Crippen LogP contribution >= 0.6 is 0 Å². The highest BCUT2D eigenvalue weighted by Gasteiger charge is 2.05. The summed E-state index contributed by atoms with van der Waals surface area (Å²) >= 11 is 0. The van der Waals surface area contributed by atoms with Crippen molar-refractivity contribution in [2.45, 2.75) is 0 Å². The third-order valence-corrected chi connectivity index (χ3v) is 2.48. The number of aromatic nitrogens is 2. The smallest absolute Gasteiger partial charge is 0.306 e. The molecule has 0 saturated heterocycles. The Balaban J connectivity index is 2.05. The number of oxazole rings is 1. The maximum Gasteiger partial charge on any atom is 0.306 e. The number of hydrogen-bond donors (Lipinski definition) is 0. The van der Waals surface area contributed by atoms with Crippen LogP contribution in [0.4, 0.5) is 0 Å². The lowest BCUT2D eigenvalue weighted by atomic mass is 10.2. The first-order valence-electron chi connectivity index (χ1n) is 4.93. The van der Waals surface area contributed by atoms with Crippen LogP contribution in [0.1, 0.15) is 0 Å². The van der Waals surface area contributed by atoms with E-state index in [0.29, 0.717) is 5.84 Å². The summed E-state index contributed by atoms with van der Waals surface area (Å²) in [7, 11) is 1.65. The van der Waals surface area contributed by atoms with Crippen molar-refractivity contribution in [3.63, 3.8) is 0 Å². The van der Waals surface area contributed by atoms with Crippen LogP contribution in [0.3, 0.4) is 0 Å². The molecule has 16 heavy (non-hydrogen) atoms. The fourth-order valence-electron chi connectivity index (χ4n) is 1.63. The number of fused-ring (bicyclic) bond motifs is 1. The van der Waals surface area contributed by atoms with E-state index in [4.69, 9.17) is 9.15 Å². The molecular formula is C12H10N2O2. The molecule has 80 valence electrons. The predicted octanol–water partition coefficient (Wildman–Crippen LogP) is 2.60. The van der Waals surface area contributed by atoms with E-state index in [1.807, 2.05) is 41.1 Å². The quantitative estimate of drug-likeness (QED) is 0.658. The highest BCUT2D eigenvalue weighted by Crippen LogP contribution is 2.22. The minimum absolute atomic E-state index is 0.603. The molecular weight excluding hydrogens is 204 g/mol. The van der Waals surface area contributed by atoms with Gasteiger partial charge in [0.2, 0.25) is 0 Å². The normalized spacial score (nSPS) is 10.8. The average Bonchev–Trinajstić information content (AvgIpc) is 2.89. The zero-order valence-electron chi connectivity index (χ0n) is 8.75. The van der Waals surface area contributed by atoms with E-state index >= 15 is 0 Å². The van der Waals surface area contributed by atoms with Gasteiger partial charge in [-0.05, 0) is 24.3 Å². The standard InChI is InChI=1S/C12H10N2O2/c1-15-10-4-2-9(3-5-10)11-8-14-6-7-16-12(14)13-11/h2-8H,1H3. The lowest BCUT2D eigenvalue weighted by Gasteiger charge is -1.99. The summed E-state index contributed by atoms with van der Waals surface area (Å²) in [6.45, 7) is 0. The van der Waals surface area contributed by atoms with E-state index in [0.717, 1.165) is 17.0 Å². The second kappa shape index (κ2) is 3.41. The number of imidazole rings is 1. The largest absolute Gasteiger partial charge is 0.497 e. The molecule has 0 fully saturated rings. The van der Waals surface area contributed by atoms with Gasteiger partial charge in [-0.2, -0.15) is 4.98 Å². The van der Waals surface area contributed by atoms with E-state index < -0.39 is 0 Å². The number of ether oxygens (including phenoxy) is 1. The average molecular weight is 214 g/mol. The first-order chi connectivity index (χ1) is 7.86. The molecule has 0 amide bonds. The summed E-state index contributed by atoms with van der Waals surface area (Å²) in [5, 5.41) is 0. The third-order valence-electron chi connectivity index (χ3n) is 2.48. The highest BCUT2D eigenvalue weighted by atomic mass is 16.5. The molecule has 2 aromatic heterocycles. The molecule has 0 unspecified atom stereocenters. The van der Waals surface area contributed by atoms with Crippen LogP contribution in [-0.4, -0.2) is 16.5 Å². The predicted molar refractivity (Wildman–Crippen MR) is 59.4 cm³/mol. The topological polar surface area (TPSA) is 39.7 Å². The molecule has 3 aromatic rings. The Morgan fingerprint density at radius 1 is 1.25 bits per heavy atom. The first-order valence-corrected chi connectivity index (χ1v) is 4.93. The van der Waals surface area contributed by atoms with Gasteiger partial charge in [-0.1, -0.05) is 0 Å². The van der Waals surface area contributed by atoms with E-state index in [1.165, 1.54) is 0 Å². The molecule has 0 radical (unpaired) electrons. The SMILES string of the molecule is COc1ccc(-c2cn3ccoc3n2)cc1. The van der Waals surface area contributed by atoms with Gasteiger partial charge in [0.25, 0.3) is 0 Å². The fraction of sp³-hybridized carbons (Fsp3) is 0.0833. The van der Waals surface area contributed by atoms with E-state index in [2.05, 4.69) is 4.98 Å². The highest BCUT2D eigenvalue weighted by molar-refractivity contribution is 5.61. The van der Waals surface area contributed by atoms with Gasteiger partial charge in [0.1, 0.15) is 12.0 Å². The molecule has 0 aliphatic heterocycles. The molecule has 0 saturated carbocycles. The third kappa shape index (κ3) is 1.35. The minimum Gasteiger partial charge on any atom is -0.497 e. The summed E-state index contributed by atoms with van der Waals surface area (Å²) in [6, 6.07) is 7.77. The van der Waals surface area contributed by atoms with Crippen molar-refractivity contribution in [1.29, 1.82) is 0 Å². The molecule has 4 heteroatoms. The Bertz CT molecular complexity index is 579. The van der Waals surface area contributed by atoms with Crippen LogP contribution in [0, 0.1) is 0 Å². The first kappa shape index (κ1) is 9.03. The zero-order valence-corrected chi connectivity index (χ0v) is 8.75. The fourth-order valence-corrected chi connectivity index (χ4v) is 1.63. The number of hydrogen-bond acceptors (Lipinski definition) is 3. The summed E-state index contributed by atoms with van der Waals surface area (Å²) in [4.78, 5) is 4.35. The molecule has 3 rings (SSSR count). The Morgan fingerprint density at radius 3 is 2.75 bits per heavy atom. The second-order valence-corrected chi connectivity index (χ2v) is 3.45. The van der Waals surface area contributed by atoms with Gasteiger partial charge in [0.15, 0.2) is 0 Å². The van der Waals surface area contributed by atoms with E-state index in [-0.39, 0.29) is 0 Å². The van der Waals surface area contributed by atoms with Gasteiger partial charge in [-0.3, -0.25) is 4.40 Å². The number of benzene rings is 1. The summed E-state index contributed by atoms with van der Waals surface area (Å²) in [6.07, 6.45) is 5.37. The van der Waals surface area contributed by atoms with E-state index in [9.17, 15) is 0 Å². The van der Waals surface area contributed by atoms with Gasteiger partial charge < -0.3 is 9.15 Å². The number of rotatable bonds is 2. The molecule has 0 N–H and O–H groups in total. The van der Waals surface area contributed by atoms with Crippen LogP contribution in [0.2, 0.25) is 0 Å². The lowest BCUT2D eigenvalue weighted by Crippen LogP contribution is -1.82. The number of methoxy groups -OCH3 is 1. The van der Waals surface area contributed by atoms with Crippen LogP contribution in [0.25, 0.3) is 17.1 Å². The van der Waals surface area contributed by atoms with Crippen molar-refractivity contribution in [1.82, 2.24) is 9.38 Å². The summed E-state index contributed by atoms with van der Waals surface area (Å²) in [5.74, 6) is 1.44. The van der Waals surface area contributed by atoms with Crippen molar-refractivity contribution in [2.75, 3.05) is 7.11 Å². The van der Waals surface area contributed by atoms with Crippen LogP contribution < -0.4 is 4.74 Å². The monoisotopic (exact) mass is 214 g/mol. The second-order valence-electron chi connectivity index (χ2n) is 3.45. The Labute approximate surface area is 92.1 Å². The molecule has 0 spiro atoms. The summed E-state index contributed by atoms with van der Waals surface area (Å²) in [5.41, 5.74) is 1.93. The molecule has 0 aliphatic carbocycles. The summed E-state index contributed by atoms with van der Waals surface area (Å²) < 4.78 is 12.1. The minimum atomic E-state index is 0.603. The zero-order chi connectivity index (χ0) is 11.0. The molecule has 1 aromatic carbocycles. The van der Waals surface area contributed by atoms with Crippen molar-refractivity contribution in [3.8, 4) is 17.0 Å². The van der Waals surface area contributed by atoms with Crippen LogP contribution in [-0.2, 0) is 0 Å². The molecule has 0 atom stereocenters. The maximum atomic E-state index is 5.19. The van der Waals surface area contributed by atoms with Gasteiger partial charge in [0.05, 0.1) is 12.8 Å².